The van der Waals surface area contributed by atoms with Crippen molar-refractivity contribution in [1.82, 2.24) is 20.3 Å². The number of anilines is 2. The molecule has 5 rings (SSSR count). The fourth-order valence-electron chi connectivity index (χ4n) is 3.65. The molecule has 29 heavy (non-hydrogen) atoms. The zero-order valence-corrected chi connectivity index (χ0v) is 17.3. The van der Waals surface area contributed by atoms with E-state index in [1.807, 2.05) is 38.1 Å². The van der Waals surface area contributed by atoms with Crippen LogP contribution in [-0.2, 0) is 6.54 Å². The molecule has 1 aliphatic rings. The number of ether oxygens (including phenoxy) is 1. The van der Waals surface area contributed by atoms with E-state index < -0.39 is 0 Å². The van der Waals surface area contributed by atoms with Crippen LogP contribution in [0.3, 0.4) is 0 Å². The van der Waals surface area contributed by atoms with Crippen molar-refractivity contribution in [3.8, 4) is 11.5 Å². The van der Waals surface area contributed by atoms with E-state index in [4.69, 9.17) is 4.74 Å². The first-order chi connectivity index (χ1) is 14.1. The standard InChI is InChI=1S/C22H21N5OS/c1-12-8-15(5-7-17(12)28-16-6-4-13(2)23-9-16)27-21-20-19-14(3)24-10-18(19)29-22(20)26-11-25-21/h4-9,11,14,24H,10H2,1-3H3,(H,25,26,27). The molecule has 6 nitrogen and oxygen atoms in total. The van der Waals surface area contributed by atoms with E-state index >= 15 is 0 Å². The summed E-state index contributed by atoms with van der Waals surface area (Å²) in [4.78, 5) is 15.7. The average molecular weight is 404 g/mol. The number of hydrogen-bond donors (Lipinski definition) is 2. The monoisotopic (exact) mass is 403 g/mol. The van der Waals surface area contributed by atoms with Gasteiger partial charge in [-0.15, -0.1) is 11.3 Å². The van der Waals surface area contributed by atoms with Crippen LogP contribution in [0.25, 0.3) is 10.2 Å². The smallest absolute Gasteiger partial charge is 0.145 e. The maximum atomic E-state index is 5.98. The summed E-state index contributed by atoms with van der Waals surface area (Å²) < 4.78 is 5.98. The van der Waals surface area contributed by atoms with Crippen molar-refractivity contribution < 1.29 is 4.74 Å². The van der Waals surface area contributed by atoms with Crippen molar-refractivity contribution in [1.29, 1.82) is 0 Å². The zero-order chi connectivity index (χ0) is 20.0. The molecule has 0 radical (unpaired) electrons. The molecule has 0 amide bonds. The van der Waals surface area contributed by atoms with Crippen LogP contribution in [0.5, 0.6) is 11.5 Å². The molecule has 0 bridgehead atoms. The summed E-state index contributed by atoms with van der Waals surface area (Å²) in [5.41, 5.74) is 4.28. The molecule has 3 aromatic heterocycles. The van der Waals surface area contributed by atoms with E-state index in [0.29, 0.717) is 6.04 Å². The molecule has 0 spiro atoms. The predicted octanol–water partition coefficient (Wildman–Crippen LogP) is 5.40. The van der Waals surface area contributed by atoms with Gasteiger partial charge < -0.3 is 15.4 Å². The number of hydrogen-bond acceptors (Lipinski definition) is 7. The number of nitrogens with one attached hydrogen (secondary N) is 2. The molecule has 4 aromatic rings. The highest BCUT2D eigenvalue weighted by Crippen LogP contribution is 2.41. The lowest BCUT2D eigenvalue weighted by Crippen LogP contribution is -2.08. The highest BCUT2D eigenvalue weighted by Gasteiger charge is 2.26. The quantitative estimate of drug-likeness (QED) is 0.475. The number of pyridine rings is 1. The van der Waals surface area contributed by atoms with Crippen molar-refractivity contribution in [2.24, 2.45) is 0 Å². The summed E-state index contributed by atoms with van der Waals surface area (Å²) in [6, 6.07) is 10.2. The average Bonchev–Trinajstić information content (AvgIpc) is 3.26. The van der Waals surface area contributed by atoms with Gasteiger partial charge in [0.25, 0.3) is 0 Å². The summed E-state index contributed by atoms with van der Waals surface area (Å²) in [6.45, 7) is 7.08. The van der Waals surface area contributed by atoms with Gasteiger partial charge in [0.1, 0.15) is 28.5 Å². The third-order valence-corrected chi connectivity index (χ3v) is 6.27. The van der Waals surface area contributed by atoms with Crippen LogP contribution in [0.1, 0.15) is 34.7 Å². The summed E-state index contributed by atoms with van der Waals surface area (Å²) in [7, 11) is 0. The lowest BCUT2D eigenvalue weighted by atomic mass is 10.1. The van der Waals surface area contributed by atoms with Gasteiger partial charge in [-0.1, -0.05) is 0 Å². The van der Waals surface area contributed by atoms with Crippen LogP contribution in [0.2, 0.25) is 0 Å². The predicted molar refractivity (Wildman–Crippen MR) is 116 cm³/mol. The Labute approximate surface area is 173 Å². The molecule has 0 saturated carbocycles. The van der Waals surface area contributed by atoms with Crippen LogP contribution in [-0.4, -0.2) is 15.0 Å². The number of aromatic nitrogens is 3. The van der Waals surface area contributed by atoms with Crippen molar-refractivity contribution in [2.45, 2.75) is 33.4 Å². The molecular weight excluding hydrogens is 382 g/mol. The van der Waals surface area contributed by atoms with Crippen molar-refractivity contribution in [3.63, 3.8) is 0 Å². The van der Waals surface area contributed by atoms with Gasteiger partial charge in [-0.05, 0) is 62.2 Å². The van der Waals surface area contributed by atoms with Gasteiger partial charge in [0, 0.05) is 28.8 Å². The molecule has 1 unspecified atom stereocenters. The topological polar surface area (TPSA) is 72.0 Å². The molecular formula is C22H21N5OS. The van der Waals surface area contributed by atoms with Crippen LogP contribution in [0.15, 0.2) is 42.9 Å². The minimum absolute atomic E-state index is 0.311. The van der Waals surface area contributed by atoms with E-state index in [2.05, 4.69) is 38.6 Å². The Kier molecular flexibility index (Phi) is 4.41. The van der Waals surface area contributed by atoms with Crippen molar-refractivity contribution in [2.75, 3.05) is 5.32 Å². The molecule has 146 valence electrons. The number of fused-ring (bicyclic) bond motifs is 3. The fourth-order valence-corrected chi connectivity index (χ4v) is 4.84. The minimum atomic E-state index is 0.311. The number of thiophene rings is 1. The summed E-state index contributed by atoms with van der Waals surface area (Å²) in [6.07, 6.45) is 3.37. The number of benzene rings is 1. The summed E-state index contributed by atoms with van der Waals surface area (Å²) in [5, 5.41) is 8.10. The van der Waals surface area contributed by atoms with E-state index in [9.17, 15) is 0 Å². The van der Waals surface area contributed by atoms with Gasteiger partial charge in [0.2, 0.25) is 0 Å². The molecule has 4 heterocycles. The minimum Gasteiger partial charge on any atom is -0.455 e. The highest BCUT2D eigenvalue weighted by molar-refractivity contribution is 7.19. The maximum absolute atomic E-state index is 5.98. The first-order valence-corrected chi connectivity index (χ1v) is 10.4. The maximum Gasteiger partial charge on any atom is 0.145 e. The summed E-state index contributed by atoms with van der Waals surface area (Å²) in [5.74, 6) is 2.38. The molecule has 1 aromatic carbocycles. The van der Waals surface area contributed by atoms with Gasteiger partial charge in [-0.3, -0.25) is 4.98 Å². The second kappa shape index (κ2) is 7.09. The number of rotatable bonds is 4. The molecule has 0 fully saturated rings. The Morgan fingerprint density at radius 3 is 2.83 bits per heavy atom. The Morgan fingerprint density at radius 2 is 2.03 bits per heavy atom. The fraction of sp³-hybridized carbons (Fsp3) is 0.227. The molecule has 2 N–H and O–H groups in total. The first-order valence-electron chi connectivity index (χ1n) is 9.56. The Hall–Kier alpha value is -3.03. The Morgan fingerprint density at radius 1 is 1.14 bits per heavy atom. The molecule has 0 saturated heterocycles. The van der Waals surface area contributed by atoms with Crippen molar-refractivity contribution >= 4 is 33.1 Å². The molecule has 1 aliphatic heterocycles. The third kappa shape index (κ3) is 3.32. The number of aryl methyl sites for hydroxylation is 2. The van der Waals surface area contributed by atoms with Gasteiger partial charge >= 0.3 is 0 Å². The first kappa shape index (κ1) is 18.0. The lowest BCUT2D eigenvalue weighted by molar-refractivity contribution is 0.476. The lowest BCUT2D eigenvalue weighted by Gasteiger charge is -2.13. The van der Waals surface area contributed by atoms with E-state index in [-0.39, 0.29) is 0 Å². The van der Waals surface area contributed by atoms with Gasteiger partial charge in [-0.25, -0.2) is 9.97 Å². The van der Waals surface area contributed by atoms with Gasteiger partial charge in [0.05, 0.1) is 11.6 Å². The third-order valence-electron chi connectivity index (χ3n) is 5.15. The van der Waals surface area contributed by atoms with Gasteiger partial charge in [0.15, 0.2) is 0 Å². The Balaban J connectivity index is 1.44. The van der Waals surface area contributed by atoms with Crippen LogP contribution < -0.4 is 15.4 Å². The van der Waals surface area contributed by atoms with Gasteiger partial charge in [-0.2, -0.15) is 0 Å². The highest BCUT2D eigenvalue weighted by atomic mass is 32.1. The Bertz CT molecular complexity index is 1200. The zero-order valence-electron chi connectivity index (χ0n) is 16.5. The molecule has 7 heteroatoms. The van der Waals surface area contributed by atoms with Crippen LogP contribution in [0, 0.1) is 13.8 Å². The second-order valence-corrected chi connectivity index (χ2v) is 8.37. The summed E-state index contributed by atoms with van der Waals surface area (Å²) >= 11 is 1.74. The van der Waals surface area contributed by atoms with Crippen LogP contribution >= 0.6 is 11.3 Å². The van der Waals surface area contributed by atoms with E-state index in [1.165, 1.54) is 10.4 Å². The SMILES string of the molecule is Cc1ccc(Oc2ccc(Nc3ncnc4sc5c(c34)C(C)NC5)cc2C)cn1. The molecule has 0 aliphatic carbocycles. The van der Waals surface area contributed by atoms with Crippen molar-refractivity contribution in [3.05, 3.63) is 64.6 Å². The normalized spacial score (nSPS) is 15.5. The van der Waals surface area contributed by atoms with Crippen LogP contribution in [0.4, 0.5) is 11.5 Å². The van der Waals surface area contributed by atoms with E-state index in [1.54, 1.807) is 23.9 Å². The largest absolute Gasteiger partial charge is 0.455 e. The second-order valence-electron chi connectivity index (χ2n) is 7.29. The van der Waals surface area contributed by atoms with E-state index in [0.717, 1.165) is 51.0 Å². The molecule has 1 atom stereocenters. The number of nitrogens with zero attached hydrogens (tertiary/aromatic N) is 3.